The van der Waals surface area contributed by atoms with Crippen molar-refractivity contribution in [1.29, 1.82) is 0 Å². The Kier molecular flexibility index (Phi) is 8.52. The van der Waals surface area contributed by atoms with Crippen molar-refractivity contribution in [2.75, 3.05) is 28.8 Å². The van der Waals surface area contributed by atoms with Gasteiger partial charge in [0.1, 0.15) is 6.54 Å². The molecule has 1 saturated heterocycles. The average molecular weight is 566 g/mol. The predicted octanol–water partition coefficient (Wildman–Crippen LogP) is 5.86. The Morgan fingerprint density at radius 2 is 1.61 bits per heavy atom. The maximum atomic E-state index is 13.4. The molecule has 202 valence electrons. The predicted molar refractivity (Wildman–Crippen MR) is 142 cm³/mol. The summed E-state index contributed by atoms with van der Waals surface area (Å²) in [6.07, 6.45) is -1.21. The Bertz CT molecular complexity index is 1360. The van der Waals surface area contributed by atoms with Gasteiger partial charge in [0.15, 0.2) is 0 Å². The smallest absolute Gasteiger partial charge is 0.372 e. The lowest BCUT2D eigenvalue weighted by atomic mass is 10.1. The van der Waals surface area contributed by atoms with E-state index in [9.17, 15) is 26.4 Å². The van der Waals surface area contributed by atoms with Crippen LogP contribution in [0.4, 0.5) is 24.5 Å². The molecule has 1 amide bonds. The number of halogens is 4. The van der Waals surface area contributed by atoms with Gasteiger partial charge in [0.25, 0.3) is 10.0 Å². The second kappa shape index (κ2) is 11.7. The van der Waals surface area contributed by atoms with Crippen LogP contribution in [-0.4, -0.2) is 34.0 Å². The molecule has 3 aromatic carbocycles. The Hall–Kier alpha value is -3.24. The normalized spacial score (nSPS) is 14.3. The molecule has 11 heteroatoms. The molecule has 0 saturated carbocycles. The second-order valence-electron chi connectivity index (χ2n) is 8.98. The maximum Gasteiger partial charge on any atom is 0.416 e. The molecular weight excluding hydrogens is 539 g/mol. The van der Waals surface area contributed by atoms with Gasteiger partial charge in [-0.05, 0) is 67.3 Å². The molecule has 0 aliphatic carbocycles. The molecule has 0 aromatic heterocycles. The van der Waals surface area contributed by atoms with Crippen molar-refractivity contribution in [2.45, 2.75) is 36.9 Å². The number of hydrogen-bond donors (Lipinski definition) is 1. The molecule has 1 aliphatic rings. The summed E-state index contributed by atoms with van der Waals surface area (Å²) in [7, 11) is -4.42. The molecular formula is C27H27ClF3N3O3S. The molecule has 0 radical (unpaired) electrons. The Morgan fingerprint density at radius 3 is 2.24 bits per heavy atom. The third kappa shape index (κ3) is 6.60. The number of hydrogen-bond acceptors (Lipinski definition) is 4. The number of anilines is 2. The molecule has 3 aromatic rings. The van der Waals surface area contributed by atoms with Crippen molar-refractivity contribution in [3.05, 3.63) is 88.9 Å². The van der Waals surface area contributed by atoms with Gasteiger partial charge < -0.3 is 10.2 Å². The fourth-order valence-electron chi connectivity index (χ4n) is 4.26. The van der Waals surface area contributed by atoms with E-state index < -0.39 is 39.9 Å². The highest BCUT2D eigenvalue weighted by molar-refractivity contribution is 7.92. The van der Waals surface area contributed by atoms with Crippen LogP contribution in [-0.2, 0) is 27.5 Å². The lowest BCUT2D eigenvalue weighted by Gasteiger charge is -2.29. The first kappa shape index (κ1) is 27.8. The first-order valence-corrected chi connectivity index (χ1v) is 13.9. The largest absolute Gasteiger partial charge is 0.416 e. The first-order chi connectivity index (χ1) is 18.1. The molecule has 38 heavy (non-hydrogen) atoms. The van der Waals surface area contributed by atoms with Crippen LogP contribution >= 0.6 is 11.6 Å². The lowest BCUT2D eigenvalue weighted by molar-refractivity contribution is -0.137. The van der Waals surface area contributed by atoms with Crippen LogP contribution < -0.4 is 14.5 Å². The number of nitrogens with zero attached hydrogens (tertiary/aromatic N) is 2. The number of nitrogens with one attached hydrogen (secondary N) is 1. The molecule has 1 N–H and O–H groups in total. The lowest BCUT2D eigenvalue weighted by Crippen LogP contribution is -2.41. The van der Waals surface area contributed by atoms with Crippen molar-refractivity contribution in [2.24, 2.45) is 0 Å². The molecule has 1 heterocycles. The Balaban J connectivity index is 1.55. The monoisotopic (exact) mass is 565 g/mol. The van der Waals surface area contributed by atoms with E-state index in [0.717, 1.165) is 49.3 Å². The van der Waals surface area contributed by atoms with Crippen molar-refractivity contribution in [3.8, 4) is 0 Å². The highest BCUT2D eigenvalue weighted by Crippen LogP contribution is 2.37. The van der Waals surface area contributed by atoms with E-state index in [4.69, 9.17) is 11.6 Å². The van der Waals surface area contributed by atoms with Gasteiger partial charge in [-0.25, -0.2) is 8.42 Å². The van der Waals surface area contributed by atoms with Crippen molar-refractivity contribution in [3.63, 3.8) is 0 Å². The Labute approximate surface area is 225 Å². The molecule has 0 spiro atoms. The minimum atomic E-state index is -4.73. The summed E-state index contributed by atoms with van der Waals surface area (Å²) in [5.41, 5.74) is 0.374. The zero-order valence-corrected chi connectivity index (χ0v) is 22.0. The quantitative estimate of drug-likeness (QED) is 0.371. The number of sulfonamides is 1. The van der Waals surface area contributed by atoms with E-state index in [2.05, 4.69) is 10.2 Å². The van der Waals surface area contributed by atoms with Gasteiger partial charge in [-0.3, -0.25) is 9.10 Å². The van der Waals surface area contributed by atoms with Gasteiger partial charge in [-0.15, -0.1) is 0 Å². The molecule has 0 bridgehead atoms. The summed E-state index contributed by atoms with van der Waals surface area (Å²) in [6, 6.07) is 17.2. The standard InChI is InChI=1S/C27H27ClF3N3O3S/c28-24-14-11-21(27(29,30)31)17-25(24)34(38(36,37)23-7-3-1-4-8-23)19-26(35)32-18-20-9-12-22(13-10-20)33-15-5-2-6-16-33/h1,3-4,7-14,17H,2,5-6,15-16,18-19H2,(H,32,35). The summed E-state index contributed by atoms with van der Waals surface area (Å²) >= 11 is 6.16. The second-order valence-corrected chi connectivity index (χ2v) is 11.2. The van der Waals surface area contributed by atoms with Gasteiger partial charge in [-0.2, -0.15) is 13.2 Å². The van der Waals surface area contributed by atoms with Crippen LogP contribution in [0.15, 0.2) is 77.7 Å². The van der Waals surface area contributed by atoms with Crippen molar-refractivity contribution < 1.29 is 26.4 Å². The topological polar surface area (TPSA) is 69.7 Å². The number of benzene rings is 3. The van der Waals surface area contributed by atoms with Crippen LogP contribution in [0.2, 0.25) is 5.02 Å². The van der Waals surface area contributed by atoms with E-state index in [1.165, 1.54) is 30.7 Å². The van der Waals surface area contributed by atoms with Crippen LogP contribution in [0.5, 0.6) is 0 Å². The maximum absolute atomic E-state index is 13.4. The summed E-state index contributed by atoms with van der Waals surface area (Å²) in [6.45, 7) is 1.36. The molecule has 1 aliphatic heterocycles. The average Bonchev–Trinajstić information content (AvgIpc) is 2.91. The first-order valence-electron chi connectivity index (χ1n) is 12.1. The summed E-state index contributed by atoms with van der Waals surface area (Å²) in [4.78, 5) is 15.0. The number of carbonyl (C=O) groups is 1. The zero-order valence-electron chi connectivity index (χ0n) is 20.4. The fourth-order valence-corrected chi connectivity index (χ4v) is 5.99. The third-order valence-corrected chi connectivity index (χ3v) is 8.40. The molecule has 0 atom stereocenters. The van der Waals surface area contributed by atoms with Crippen LogP contribution in [0, 0.1) is 0 Å². The van der Waals surface area contributed by atoms with E-state index in [1.54, 1.807) is 6.07 Å². The number of carbonyl (C=O) groups excluding carboxylic acids is 1. The van der Waals surface area contributed by atoms with Crippen LogP contribution in [0.1, 0.15) is 30.4 Å². The zero-order chi connectivity index (χ0) is 27.3. The van der Waals surface area contributed by atoms with E-state index in [1.807, 2.05) is 24.3 Å². The number of piperidine rings is 1. The summed E-state index contributed by atoms with van der Waals surface area (Å²) < 4.78 is 67.7. The number of amides is 1. The van der Waals surface area contributed by atoms with E-state index >= 15 is 0 Å². The van der Waals surface area contributed by atoms with Crippen LogP contribution in [0.3, 0.4) is 0 Å². The van der Waals surface area contributed by atoms with Gasteiger partial charge in [0.2, 0.25) is 5.91 Å². The Morgan fingerprint density at radius 1 is 0.947 bits per heavy atom. The number of rotatable bonds is 8. The van der Waals surface area contributed by atoms with Crippen molar-refractivity contribution in [1.82, 2.24) is 5.32 Å². The molecule has 0 unspecified atom stereocenters. The van der Waals surface area contributed by atoms with Gasteiger partial charge in [0.05, 0.1) is 21.2 Å². The van der Waals surface area contributed by atoms with Gasteiger partial charge in [0, 0.05) is 25.3 Å². The minimum absolute atomic E-state index is 0.120. The molecule has 4 rings (SSSR count). The molecule has 1 fully saturated rings. The van der Waals surface area contributed by atoms with Gasteiger partial charge in [-0.1, -0.05) is 41.9 Å². The van der Waals surface area contributed by atoms with Gasteiger partial charge >= 0.3 is 6.18 Å². The SMILES string of the molecule is O=C(CN(c1cc(C(F)(F)F)ccc1Cl)S(=O)(=O)c1ccccc1)NCc1ccc(N2CCCCC2)cc1. The summed E-state index contributed by atoms with van der Waals surface area (Å²) in [5, 5.41) is 2.42. The van der Waals surface area contributed by atoms with Crippen LogP contribution in [0.25, 0.3) is 0 Å². The van der Waals surface area contributed by atoms with Crippen molar-refractivity contribution >= 4 is 38.9 Å². The summed E-state index contributed by atoms with van der Waals surface area (Å²) in [5.74, 6) is -0.696. The third-order valence-electron chi connectivity index (χ3n) is 6.31. The highest BCUT2D eigenvalue weighted by atomic mass is 35.5. The molecule has 6 nitrogen and oxygen atoms in total. The number of alkyl halides is 3. The minimum Gasteiger partial charge on any atom is -0.372 e. The fraction of sp³-hybridized carbons (Fsp3) is 0.296. The van der Waals surface area contributed by atoms with E-state index in [0.29, 0.717) is 10.4 Å². The van der Waals surface area contributed by atoms with E-state index in [-0.39, 0.29) is 16.5 Å². The highest BCUT2D eigenvalue weighted by Gasteiger charge is 2.34.